The fraction of sp³-hybridized carbons (Fsp3) is 0.593. The second kappa shape index (κ2) is 15.6. The number of hydrogen-bond donors (Lipinski definition) is 2. The summed E-state index contributed by atoms with van der Waals surface area (Å²) < 4.78 is 16.1. The van der Waals surface area contributed by atoms with Crippen LogP contribution in [0.2, 0.25) is 0 Å². The van der Waals surface area contributed by atoms with Crippen LogP contribution in [0.3, 0.4) is 0 Å². The fourth-order valence-electron chi connectivity index (χ4n) is 3.62. The lowest BCUT2D eigenvalue weighted by Crippen LogP contribution is -2.60. The van der Waals surface area contributed by atoms with Gasteiger partial charge in [0.15, 0.2) is 17.8 Å². The Morgan fingerprint density at radius 1 is 1.08 bits per heavy atom. The molecular formula is C27H39N3O8S. The van der Waals surface area contributed by atoms with Crippen LogP contribution in [0.4, 0.5) is 0 Å². The molecule has 1 fully saturated rings. The molecular weight excluding hydrogens is 526 g/mol. The predicted molar refractivity (Wildman–Crippen MR) is 146 cm³/mol. The van der Waals surface area contributed by atoms with Gasteiger partial charge in [-0.1, -0.05) is 55.9 Å². The quantitative estimate of drug-likeness (QED) is 0.339. The number of nitrogens with one attached hydrogen (secondary N) is 2. The highest BCUT2D eigenvalue weighted by atomic mass is 32.2. The number of esters is 1. The van der Waals surface area contributed by atoms with Gasteiger partial charge in [-0.15, -0.1) is 0 Å². The average Bonchev–Trinajstić information content (AvgIpc) is 2.90. The first-order chi connectivity index (χ1) is 18.4. The molecule has 1 aliphatic rings. The Labute approximate surface area is 233 Å². The Morgan fingerprint density at radius 2 is 1.72 bits per heavy atom. The molecule has 1 aromatic rings. The Hall–Kier alpha value is -2.96. The summed E-state index contributed by atoms with van der Waals surface area (Å²) in [6.07, 6.45) is 0. The maximum atomic E-state index is 13.2. The molecule has 2 atom stereocenters. The van der Waals surface area contributed by atoms with E-state index in [-0.39, 0.29) is 30.2 Å². The predicted octanol–water partition coefficient (Wildman–Crippen LogP) is 1.29. The van der Waals surface area contributed by atoms with Gasteiger partial charge in [-0.05, 0) is 25.3 Å². The van der Waals surface area contributed by atoms with Crippen molar-refractivity contribution < 1.29 is 38.2 Å². The van der Waals surface area contributed by atoms with E-state index in [4.69, 9.17) is 14.2 Å². The number of benzene rings is 1. The van der Waals surface area contributed by atoms with E-state index in [1.165, 1.54) is 20.8 Å². The topological polar surface area (TPSA) is 140 Å². The van der Waals surface area contributed by atoms with E-state index < -0.39 is 41.2 Å². The molecule has 0 bridgehead atoms. The second-order valence-electron chi connectivity index (χ2n) is 10.0. The number of nitrogens with zero attached hydrogens (tertiary/aromatic N) is 1. The van der Waals surface area contributed by atoms with E-state index in [1.807, 2.05) is 44.2 Å². The molecule has 0 radical (unpaired) electrons. The molecule has 12 heteroatoms. The van der Waals surface area contributed by atoms with Gasteiger partial charge in [0.05, 0.1) is 31.7 Å². The van der Waals surface area contributed by atoms with Gasteiger partial charge < -0.3 is 29.7 Å². The molecule has 1 aromatic carbocycles. The SMILES string of the molecule is CC(=O)SC(C(=O)NC(C)(C)C(=O)NC(COCc1ccccc1)C(=O)OCC(=O)N1CCOCC1)C(C)C. The molecule has 1 heterocycles. The maximum absolute atomic E-state index is 13.2. The van der Waals surface area contributed by atoms with Crippen LogP contribution >= 0.6 is 11.8 Å². The van der Waals surface area contributed by atoms with E-state index in [0.717, 1.165) is 17.3 Å². The first-order valence-electron chi connectivity index (χ1n) is 12.8. The molecule has 0 saturated carbocycles. The number of amides is 3. The molecule has 0 spiro atoms. The standard InChI is InChI=1S/C27H39N3O8S/c1-18(2)23(39-19(3)31)24(33)29-27(4,5)26(35)28-21(16-37-15-20-9-7-6-8-10-20)25(34)38-17-22(32)30-11-13-36-14-12-30/h6-10,18,21,23H,11-17H2,1-5H3,(H,28,35)(H,29,33). The Bertz CT molecular complexity index is 996. The number of rotatable bonds is 13. The van der Waals surface area contributed by atoms with Crippen LogP contribution in [0.15, 0.2) is 30.3 Å². The summed E-state index contributed by atoms with van der Waals surface area (Å²) in [5.41, 5.74) is -0.558. The molecule has 2 unspecified atom stereocenters. The van der Waals surface area contributed by atoms with E-state index in [2.05, 4.69) is 10.6 Å². The highest BCUT2D eigenvalue weighted by Gasteiger charge is 2.36. The van der Waals surface area contributed by atoms with Gasteiger partial charge in [-0.2, -0.15) is 0 Å². The van der Waals surface area contributed by atoms with Gasteiger partial charge in [0.25, 0.3) is 5.91 Å². The van der Waals surface area contributed by atoms with E-state index >= 15 is 0 Å². The zero-order valence-electron chi connectivity index (χ0n) is 23.2. The van der Waals surface area contributed by atoms with Crippen LogP contribution in [-0.4, -0.2) is 90.1 Å². The third kappa shape index (κ3) is 11.0. The van der Waals surface area contributed by atoms with Gasteiger partial charge in [-0.25, -0.2) is 4.79 Å². The molecule has 11 nitrogen and oxygen atoms in total. The van der Waals surface area contributed by atoms with Crippen molar-refractivity contribution in [1.82, 2.24) is 15.5 Å². The van der Waals surface area contributed by atoms with Crippen LogP contribution in [0.25, 0.3) is 0 Å². The number of hydrogen-bond acceptors (Lipinski definition) is 9. The highest BCUT2D eigenvalue weighted by molar-refractivity contribution is 8.14. The Balaban J connectivity index is 2.06. The van der Waals surface area contributed by atoms with Gasteiger partial charge in [0.1, 0.15) is 5.54 Å². The summed E-state index contributed by atoms with van der Waals surface area (Å²) in [6, 6.07) is 8.05. The van der Waals surface area contributed by atoms with Crippen molar-refractivity contribution >= 4 is 40.6 Å². The van der Waals surface area contributed by atoms with Gasteiger partial charge in [0.2, 0.25) is 11.8 Å². The smallest absolute Gasteiger partial charge is 0.331 e. The van der Waals surface area contributed by atoms with E-state index in [0.29, 0.717) is 26.3 Å². The number of morpholine rings is 1. The lowest BCUT2D eigenvalue weighted by molar-refractivity contribution is -0.157. The first kappa shape index (κ1) is 32.3. The molecule has 0 aliphatic carbocycles. The highest BCUT2D eigenvalue weighted by Crippen LogP contribution is 2.21. The summed E-state index contributed by atoms with van der Waals surface area (Å²) in [5.74, 6) is -2.49. The van der Waals surface area contributed by atoms with Crippen molar-refractivity contribution in [3.8, 4) is 0 Å². The molecule has 2 rings (SSSR count). The van der Waals surface area contributed by atoms with Crippen LogP contribution in [0, 0.1) is 5.92 Å². The maximum Gasteiger partial charge on any atom is 0.331 e. The first-order valence-corrected chi connectivity index (χ1v) is 13.7. The summed E-state index contributed by atoms with van der Waals surface area (Å²) >= 11 is 0.896. The minimum atomic E-state index is -1.43. The third-order valence-corrected chi connectivity index (χ3v) is 7.19. The summed E-state index contributed by atoms with van der Waals surface area (Å²) in [5, 5.41) is 4.37. The summed E-state index contributed by atoms with van der Waals surface area (Å²) in [6.45, 7) is 9.09. The van der Waals surface area contributed by atoms with Crippen molar-refractivity contribution in [2.75, 3.05) is 39.5 Å². The fourth-order valence-corrected chi connectivity index (χ4v) is 4.42. The minimum absolute atomic E-state index is 0.157. The van der Waals surface area contributed by atoms with Crippen molar-refractivity contribution in [1.29, 1.82) is 0 Å². The molecule has 3 amide bonds. The van der Waals surface area contributed by atoms with E-state index in [9.17, 15) is 24.0 Å². The van der Waals surface area contributed by atoms with Crippen molar-refractivity contribution in [2.24, 2.45) is 5.92 Å². The normalized spacial score (nSPS) is 15.3. The molecule has 2 N–H and O–H groups in total. The van der Waals surface area contributed by atoms with Crippen LogP contribution in [-0.2, 0) is 44.8 Å². The number of ether oxygens (including phenoxy) is 3. The summed E-state index contributed by atoms with van der Waals surface area (Å²) in [7, 11) is 0. The average molecular weight is 566 g/mol. The second-order valence-corrected chi connectivity index (χ2v) is 11.3. The lowest BCUT2D eigenvalue weighted by atomic mass is 10.0. The van der Waals surface area contributed by atoms with Crippen LogP contribution in [0.1, 0.15) is 40.2 Å². The molecule has 1 aliphatic heterocycles. The molecule has 39 heavy (non-hydrogen) atoms. The Morgan fingerprint density at radius 3 is 2.31 bits per heavy atom. The van der Waals surface area contributed by atoms with Crippen LogP contribution < -0.4 is 10.6 Å². The van der Waals surface area contributed by atoms with E-state index in [1.54, 1.807) is 4.90 Å². The largest absolute Gasteiger partial charge is 0.454 e. The van der Waals surface area contributed by atoms with Crippen molar-refractivity contribution in [3.05, 3.63) is 35.9 Å². The molecule has 1 saturated heterocycles. The molecule has 0 aromatic heterocycles. The number of carbonyl (C=O) groups excluding carboxylic acids is 5. The summed E-state index contributed by atoms with van der Waals surface area (Å²) in [4.78, 5) is 64.6. The monoisotopic (exact) mass is 565 g/mol. The zero-order chi connectivity index (χ0) is 29.0. The van der Waals surface area contributed by atoms with Crippen molar-refractivity contribution in [3.63, 3.8) is 0 Å². The van der Waals surface area contributed by atoms with Crippen molar-refractivity contribution in [2.45, 2.75) is 58.1 Å². The molecule has 216 valence electrons. The minimum Gasteiger partial charge on any atom is -0.454 e. The van der Waals surface area contributed by atoms with Gasteiger partial charge >= 0.3 is 5.97 Å². The van der Waals surface area contributed by atoms with Gasteiger partial charge in [0, 0.05) is 20.0 Å². The lowest BCUT2D eigenvalue weighted by Gasteiger charge is -2.30. The van der Waals surface area contributed by atoms with Crippen LogP contribution in [0.5, 0.6) is 0 Å². The number of thioether (sulfide) groups is 1. The Kier molecular flexibility index (Phi) is 12.9. The number of carbonyl (C=O) groups is 5. The zero-order valence-corrected chi connectivity index (χ0v) is 24.0. The third-order valence-electron chi connectivity index (χ3n) is 5.85. The van der Waals surface area contributed by atoms with Gasteiger partial charge in [-0.3, -0.25) is 19.2 Å².